The lowest BCUT2D eigenvalue weighted by atomic mass is 10.0. The molecule has 3 N–H and O–H groups in total. The molecule has 0 radical (unpaired) electrons. The topological polar surface area (TPSA) is 65.7 Å². The lowest BCUT2D eigenvalue weighted by Crippen LogP contribution is -2.29. The largest absolute Gasteiger partial charge is 0.493 e. The molecule has 0 aromatic heterocycles. The van der Waals surface area contributed by atoms with E-state index in [1.165, 1.54) is 0 Å². The third-order valence-corrected chi connectivity index (χ3v) is 2.96. The van der Waals surface area contributed by atoms with Crippen LogP contribution in [0, 0.1) is 11.8 Å². The molecule has 1 atom stereocenters. The fraction of sp³-hybridized carbons (Fsp3) is 0.467. The zero-order chi connectivity index (χ0) is 15.0. The monoisotopic (exact) mass is 278 g/mol. The van der Waals surface area contributed by atoms with Crippen molar-refractivity contribution in [2.45, 2.75) is 13.0 Å². The van der Waals surface area contributed by atoms with E-state index in [1.807, 2.05) is 12.1 Å². The maximum Gasteiger partial charge on any atom is 0.203 e. The van der Waals surface area contributed by atoms with E-state index < -0.39 is 0 Å². The first-order valence-electron chi connectivity index (χ1n) is 6.35. The maximum atomic E-state index is 5.83. The van der Waals surface area contributed by atoms with Gasteiger partial charge < -0.3 is 19.9 Å². The van der Waals surface area contributed by atoms with Gasteiger partial charge in [-0.05, 0) is 19.1 Å². The molecule has 0 amide bonds. The predicted octanol–water partition coefficient (Wildman–Crippen LogP) is 1.33. The second kappa shape index (κ2) is 8.31. The van der Waals surface area contributed by atoms with Gasteiger partial charge in [0.05, 0.1) is 27.9 Å². The molecule has 0 spiro atoms. The average molecular weight is 278 g/mol. The van der Waals surface area contributed by atoms with Gasteiger partial charge in [-0.15, -0.1) is 5.92 Å². The first-order chi connectivity index (χ1) is 9.73. The Balaban J connectivity index is 3.16. The average Bonchev–Trinajstić information content (AvgIpc) is 2.50. The van der Waals surface area contributed by atoms with Crippen molar-refractivity contribution in [1.82, 2.24) is 5.32 Å². The molecule has 1 rings (SSSR count). The minimum absolute atomic E-state index is 0.0643. The van der Waals surface area contributed by atoms with Gasteiger partial charge in [-0.3, -0.25) is 5.32 Å². The van der Waals surface area contributed by atoms with Crippen LogP contribution < -0.4 is 25.3 Å². The summed E-state index contributed by atoms with van der Waals surface area (Å²) in [6.07, 6.45) is 0. The standard InChI is InChI=1S/C15H22N2O3/c1-5-6-9-17-12(10-16)11-7-8-13(18-2)15(20-4)14(11)19-3/h7-8,12,17H,9-10,16H2,1-4H3. The highest BCUT2D eigenvalue weighted by molar-refractivity contribution is 5.56. The van der Waals surface area contributed by atoms with Crippen molar-refractivity contribution in [3.05, 3.63) is 17.7 Å². The second-order valence-corrected chi connectivity index (χ2v) is 4.02. The number of rotatable bonds is 7. The highest BCUT2D eigenvalue weighted by atomic mass is 16.5. The third kappa shape index (κ3) is 3.56. The summed E-state index contributed by atoms with van der Waals surface area (Å²) in [6, 6.07) is 3.70. The molecule has 110 valence electrons. The van der Waals surface area contributed by atoms with Gasteiger partial charge in [-0.1, -0.05) is 5.92 Å². The molecular formula is C15H22N2O3. The lowest BCUT2D eigenvalue weighted by Gasteiger charge is -2.21. The van der Waals surface area contributed by atoms with E-state index in [1.54, 1.807) is 28.3 Å². The zero-order valence-electron chi connectivity index (χ0n) is 12.4. The molecule has 0 saturated heterocycles. The third-order valence-electron chi connectivity index (χ3n) is 2.96. The molecule has 1 unspecified atom stereocenters. The highest BCUT2D eigenvalue weighted by Crippen LogP contribution is 2.41. The quantitative estimate of drug-likeness (QED) is 0.737. The van der Waals surface area contributed by atoms with Gasteiger partial charge in [0.2, 0.25) is 5.75 Å². The van der Waals surface area contributed by atoms with Crippen molar-refractivity contribution < 1.29 is 14.2 Å². The summed E-state index contributed by atoms with van der Waals surface area (Å²) in [5, 5.41) is 3.28. The smallest absolute Gasteiger partial charge is 0.203 e. The van der Waals surface area contributed by atoms with E-state index in [4.69, 9.17) is 19.9 Å². The molecule has 0 saturated carbocycles. The van der Waals surface area contributed by atoms with Crippen LogP contribution >= 0.6 is 0 Å². The molecule has 5 heteroatoms. The van der Waals surface area contributed by atoms with Crippen LogP contribution in [0.2, 0.25) is 0 Å². The van der Waals surface area contributed by atoms with Crippen LogP contribution in [0.15, 0.2) is 12.1 Å². The summed E-state index contributed by atoms with van der Waals surface area (Å²) in [5.41, 5.74) is 6.76. The van der Waals surface area contributed by atoms with Crippen molar-refractivity contribution in [3.63, 3.8) is 0 Å². The van der Waals surface area contributed by atoms with Gasteiger partial charge in [0, 0.05) is 18.2 Å². The fourth-order valence-corrected chi connectivity index (χ4v) is 1.98. The van der Waals surface area contributed by atoms with E-state index in [0.717, 1.165) is 5.56 Å². The van der Waals surface area contributed by atoms with E-state index >= 15 is 0 Å². The van der Waals surface area contributed by atoms with Gasteiger partial charge in [-0.25, -0.2) is 0 Å². The van der Waals surface area contributed by atoms with Crippen molar-refractivity contribution in [2.24, 2.45) is 5.73 Å². The van der Waals surface area contributed by atoms with Crippen LogP contribution in [0.4, 0.5) is 0 Å². The second-order valence-electron chi connectivity index (χ2n) is 4.02. The fourth-order valence-electron chi connectivity index (χ4n) is 1.98. The lowest BCUT2D eigenvalue weighted by molar-refractivity contribution is 0.319. The Morgan fingerprint density at radius 2 is 1.85 bits per heavy atom. The highest BCUT2D eigenvalue weighted by Gasteiger charge is 2.20. The number of benzene rings is 1. The summed E-state index contributed by atoms with van der Waals surface area (Å²) in [5.74, 6) is 7.61. The number of hydrogen-bond donors (Lipinski definition) is 2. The number of nitrogens with one attached hydrogen (secondary N) is 1. The Labute approximate surface area is 120 Å². The summed E-state index contributed by atoms with van der Waals surface area (Å²) in [6.45, 7) is 2.79. The van der Waals surface area contributed by atoms with Gasteiger partial charge in [0.25, 0.3) is 0 Å². The van der Waals surface area contributed by atoms with Gasteiger partial charge in [-0.2, -0.15) is 0 Å². The van der Waals surface area contributed by atoms with Crippen molar-refractivity contribution in [1.29, 1.82) is 0 Å². The molecule has 0 aliphatic rings. The van der Waals surface area contributed by atoms with Gasteiger partial charge in [0.1, 0.15) is 0 Å². The molecule has 0 aliphatic heterocycles. The van der Waals surface area contributed by atoms with Crippen LogP contribution in [0.5, 0.6) is 17.2 Å². The number of methoxy groups -OCH3 is 3. The Bertz CT molecular complexity index is 492. The molecule has 5 nitrogen and oxygen atoms in total. The molecule has 0 heterocycles. The summed E-state index contributed by atoms with van der Waals surface area (Å²) >= 11 is 0. The maximum absolute atomic E-state index is 5.83. The Morgan fingerprint density at radius 1 is 1.15 bits per heavy atom. The van der Waals surface area contributed by atoms with Crippen LogP contribution in [-0.2, 0) is 0 Å². The van der Waals surface area contributed by atoms with Crippen LogP contribution in [0.1, 0.15) is 18.5 Å². The minimum atomic E-state index is -0.0643. The van der Waals surface area contributed by atoms with E-state index in [0.29, 0.717) is 30.3 Å². The van der Waals surface area contributed by atoms with Crippen molar-refractivity contribution in [2.75, 3.05) is 34.4 Å². The normalized spacial score (nSPS) is 11.2. The predicted molar refractivity (Wildman–Crippen MR) is 79.3 cm³/mol. The SMILES string of the molecule is CC#CCNC(CN)c1ccc(OC)c(OC)c1OC. The molecule has 0 bridgehead atoms. The van der Waals surface area contributed by atoms with Crippen LogP contribution in [-0.4, -0.2) is 34.4 Å². The molecule has 20 heavy (non-hydrogen) atoms. The molecule has 1 aromatic rings. The zero-order valence-corrected chi connectivity index (χ0v) is 12.4. The van der Waals surface area contributed by atoms with Crippen molar-refractivity contribution in [3.8, 4) is 29.1 Å². The summed E-state index contributed by atoms with van der Waals surface area (Å²) < 4.78 is 16.1. The van der Waals surface area contributed by atoms with E-state index in [-0.39, 0.29) is 6.04 Å². The number of hydrogen-bond acceptors (Lipinski definition) is 5. The van der Waals surface area contributed by atoms with Crippen molar-refractivity contribution >= 4 is 0 Å². The number of nitrogens with two attached hydrogens (primary N) is 1. The Kier molecular flexibility index (Phi) is 6.71. The molecule has 0 aliphatic carbocycles. The molecule has 1 aromatic carbocycles. The summed E-state index contributed by atoms with van der Waals surface area (Å²) in [7, 11) is 4.77. The van der Waals surface area contributed by atoms with Crippen LogP contribution in [0.25, 0.3) is 0 Å². The Hall–Kier alpha value is -1.90. The van der Waals surface area contributed by atoms with Gasteiger partial charge >= 0.3 is 0 Å². The minimum Gasteiger partial charge on any atom is -0.493 e. The first kappa shape index (κ1) is 16.2. The van der Waals surface area contributed by atoms with E-state index in [9.17, 15) is 0 Å². The molecular weight excluding hydrogens is 256 g/mol. The van der Waals surface area contributed by atoms with E-state index in [2.05, 4.69) is 17.2 Å². The van der Waals surface area contributed by atoms with Gasteiger partial charge in [0.15, 0.2) is 11.5 Å². The first-order valence-corrected chi connectivity index (χ1v) is 6.35. The number of ether oxygens (including phenoxy) is 3. The summed E-state index contributed by atoms with van der Waals surface area (Å²) in [4.78, 5) is 0. The molecule has 0 fully saturated rings. The Morgan fingerprint density at radius 3 is 2.35 bits per heavy atom. The van der Waals surface area contributed by atoms with Crippen LogP contribution in [0.3, 0.4) is 0 Å².